The van der Waals surface area contributed by atoms with Gasteiger partial charge in [0.1, 0.15) is 17.3 Å². The Balaban J connectivity index is 1.87. The molecule has 1 aromatic heterocycles. The van der Waals surface area contributed by atoms with E-state index >= 15 is 0 Å². The maximum absolute atomic E-state index is 12.6. The molecular weight excluding hydrogens is 318 g/mol. The van der Waals surface area contributed by atoms with Gasteiger partial charge < -0.3 is 19.8 Å². The number of hydrogen-bond acceptors (Lipinski definition) is 4. The van der Waals surface area contributed by atoms with Crippen LogP contribution in [0.15, 0.2) is 36.4 Å². The molecule has 0 aliphatic carbocycles. The highest BCUT2D eigenvalue weighted by Gasteiger charge is 2.13. The van der Waals surface area contributed by atoms with E-state index in [1.807, 2.05) is 6.07 Å². The largest absolute Gasteiger partial charge is 0.497 e. The van der Waals surface area contributed by atoms with Crippen LogP contribution in [0.2, 0.25) is 0 Å². The van der Waals surface area contributed by atoms with Crippen LogP contribution in [0.4, 0.5) is 5.69 Å². The van der Waals surface area contributed by atoms with E-state index in [2.05, 4.69) is 29.1 Å². The molecular formula is C19H21N3O3. The van der Waals surface area contributed by atoms with Crippen LogP contribution in [-0.4, -0.2) is 30.1 Å². The zero-order chi connectivity index (χ0) is 18.0. The lowest BCUT2D eigenvalue weighted by atomic mass is 10.2. The molecule has 130 valence electrons. The summed E-state index contributed by atoms with van der Waals surface area (Å²) in [6, 6.07) is 10.7. The fourth-order valence-corrected chi connectivity index (χ4v) is 2.54. The van der Waals surface area contributed by atoms with Crippen molar-refractivity contribution in [2.75, 3.05) is 19.5 Å². The van der Waals surface area contributed by atoms with Gasteiger partial charge in [0.2, 0.25) is 0 Å². The second-order valence-electron chi connectivity index (χ2n) is 6.03. The Morgan fingerprint density at radius 3 is 2.60 bits per heavy atom. The Morgan fingerprint density at radius 2 is 1.92 bits per heavy atom. The second kappa shape index (κ2) is 6.84. The third-order valence-electron chi connectivity index (χ3n) is 3.97. The third-order valence-corrected chi connectivity index (χ3v) is 3.97. The molecule has 6 heteroatoms. The first-order chi connectivity index (χ1) is 12.0. The Hall–Kier alpha value is -3.02. The minimum atomic E-state index is -0.217. The molecule has 1 amide bonds. The van der Waals surface area contributed by atoms with Crippen LogP contribution in [0.1, 0.15) is 35.9 Å². The summed E-state index contributed by atoms with van der Waals surface area (Å²) in [5.41, 5.74) is 2.82. The number of imidazole rings is 1. The molecule has 0 unspecified atom stereocenters. The molecule has 0 spiro atoms. The molecule has 0 radical (unpaired) electrons. The smallest absolute Gasteiger partial charge is 0.255 e. The number of methoxy groups -OCH3 is 2. The predicted molar refractivity (Wildman–Crippen MR) is 97.7 cm³/mol. The van der Waals surface area contributed by atoms with Crippen LogP contribution < -0.4 is 14.8 Å². The van der Waals surface area contributed by atoms with Gasteiger partial charge in [-0.3, -0.25) is 4.79 Å². The van der Waals surface area contributed by atoms with Gasteiger partial charge in [0.25, 0.3) is 5.91 Å². The van der Waals surface area contributed by atoms with Gasteiger partial charge in [-0.25, -0.2) is 4.98 Å². The van der Waals surface area contributed by atoms with E-state index in [4.69, 9.17) is 9.47 Å². The maximum atomic E-state index is 12.6. The zero-order valence-electron chi connectivity index (χ0n) is 14.7. The van der Waals surface area contributed by atoms with Gasteiger partial charge in [-0.2, -0.15) is 0 Å². The number of carbonyl (C=O) groups is 1. The lowest BCUT2D eigenvalue weighted by molar-refractivity contribution is 0.102. The van der Waals surface area contributed by atoms with Crippen LogP contribution in [-0.2, 0) is 0 Å². The molecule has 25 heavy (non-hydrogen) atoms. The standard InChI is InChI=1S/C19H21N3O3/c1-11(2)18-20-14-7-5-12(9-16(14)21-18)19(23)22-15-8-6-13(24-3)10-17(15)25-4/h5-11H,1-4H3,(H,20,21)(H,22,23). The van der Waals surface area contributed by atoms with E-state index in [1.54, 1.807) is 44.6 Å². The molecule has 2 aromatic carbocycles. The molecule has 0 fully saturated rings. The number of carbonyl (C=O) groups excluding carboxylic acids is 1. The van der Waals surface area contributed by atoms with Gasteiger partial charge in [0.15, 0.2) is 0 Å². The van der Waals surface area contributed by atoms with Crippen molar-refractivity contribution in [2.24, 2.45) is 0 Å². The topological polar surface area (TPSA) is 76.2 Å². The summed E-state index contributed by atoms with van der Waals surface area (Å²) in [6.07, 6.45) is 0. The number of aromatic amines is 1. The molecule has 0 saturated carbocycles. The molecule has 3 aromatic rings. The number of amides is 1. The van der Waals surface area contributed by atoms with Gasteiger partial charge >= 0.3 is 0 Å². The summed E-state index contributed by atoms with van der Waals surface area (Å²) in [4.78, 5) is 20.4. The summed E-state index contributed by atoms with van der Waals surface area (Å²) >= 11 is 0. The normalized spacial score (nSPS) is 10.9. The highest BCUT2D eigenvalue weighted by molar-refractivity contribution is 6.06. The minimum absolute atomic E-state index is 0.217. The number of aromatic nitrogens is 2. The molecule has 2 N–H and O–H groups in total. The van der Waals surface area contributed by atoms with Crippen molar-refractivity contribution in [3.63, 3.8) is 0 Å². The van der Waals surface area contributed by atoms with Gasteiger partial charge in [-0.1, -0.05) is 13.8 Å². The lowest BCUT2D eigenvalue weighted by Crippen LogP contribution is -2.12. The molecule has 6 nitrogen and oxygen atoms in total. The summed E-state index contributed by atoms with van der Waals surface area (Å²) in [6.45, 7) is 4.14. The average molecular weight is 339 g/mol. The summed E-state index contributed by atoms with van der Waals surface area (Å²) < 4.78 is 10.5. The SMILES string of the molecule is COc1ccc(NC(=O)c2ccc3nc(C(C)C)[nH]c3c2)c(OC)c1. The fourth-order valence-electron chi connectivity index (χ4n) is 2.54. The average Bonchev–Trinajstić information content (AvgIpc) is 3.05. The number of nitrogens with zero attached hydrogens (tertiary/aromatic N) is 1. The number of ether oxygens (including phenoxy) is 2. The van der Waals surface area contributed by atoms with Crippen molar-refractivity contribution >= 4 is 22.6 Å². The van der Waals surface area contributed by atoms with Crippen molar-refractivity contribution in [1.82, 2.24) is 9.97 Å². The van der Waals surface area contributed by atoms with E-state index in [-0.39, 0.29) is 5.91 Å². The van der Waals surface area contributed by atoms with Crippen LogP contribution >= 0.6 is 0 Å². The monoisotopic (exact) mass is 339 g/mol. The molecule has 3 rings (SSSR count). The van der Waals surface area contributed by atoms with Gasteiger partial charge in [0.05, 0.1) is 30.9 Å². The van der Waals surface area contributed by atoms with Gasteiger partial charge in [-0.15, -0.1) is 0 Å². The van der Waals surface area contributed by atoms with Crippen molar-refractivity contribution in [2.45, 2.75) is 19.8 Å². The third kappa shape index (κ3) is 3.42. The number of fused-ring (bicyclic) bond motifs is 1. The molecule has 0 saturated heterocycles. The number of rotatable bonds is 5. The predicted octanol–water partition coefficient (Wildman–Crippen LogP) is 3.96. The maximum Gasteiger partial charge on any atom is 0.255 e. The van der Waals surface area contributed by atoms with Crippen molar-refractivity contribution in [3.8, 4) is 11.5 Å². The van der Waals surface area contributed by atoms with E-state index in [0.717, 1.165) is 16.9 Å². The highest BCUT2D eigenvalue weighted by Crippen LogP contribution is 2.29. The number of hydrogen-bond donors (Lipinski definition) is 2. The molecule has 0 bridgehead atoms. The summed E-state index contributed by atoms with van der Waals surface area (Å²) in [7, 11) is 3.13. The van der Waals surface area contributed by atoms with Crippen LogP contribution in [0.3, 0.4) is 0 Å². The van der Waals surface area contributed by atoms with E-state index in [0.29, 0.717) is 28.7 Å². The molecule has 0 aliphatic heterocycles. The Kier molecular flexibility index (Phi) is 4.61. The van der Waals surface area contributed by atoms with E-state index in [1.165, 1.54) is 0 Å². The Bertz CT molecular complexity index is 915. The lowest BCUT2D eigenvalue weighted by Gasteiger charge is -2.11. The first-order valence-corrected chi connectivity index (χ1v) is 8.05. The van der Waals surface area contributed by atoms with Crippen LogP contribution in [0, 0.1) is 0 Å². The van der Waals surface area contributed by atoms with Gasteiger partial charge in [0, 0.05) is 17.5 Å². The number of H-pyrrole nitrogens is 1. The van der Waals surface area contributed by atoms with E-state index < -0.39 is 0 Å². The zero-order valence-corrected chi connectivity index (χ0v) is 14.7. The minimum Gasteiger partial charge on any atom is -0.497 e. The highest BCUT2D eigenvalue weighted by atomic mass is 16.5. The number of benzene rings is 2. The molecule has 1 heterocycles. The number of nitrogens with one attached hydrogen (secondary N) is 2. The first kappa shape index (κ1) is 16.8. The Labute approximate surface area is 146 Å². The first-order valence-electron chi connectivity index (χ1n) is 8.05. The summed E-state index contributed by atoms with van der Waals surface area (Å²) in [5, 5.41) is 2.87. The molecule has 0 atom stereocenters. The van der Waals surface area contributed by atoms with Crippen molar-refractivity contribution in [3.05, 3.63) is 47.8 Å². The summed E-state index contributed by atoms with van der Waals surface area (Å²) in [5.74, 6) is 2.19. The van der Waals surface area contributed by atoms with Crippen LogP contribution in [0.25, 0.3) is 11.0 Å². The van der Waals surface area contributed by atoms with Crippen molar-refractivity contribution in [1.29, 1.82) is 0 Å². The van der Waals surface area contributed by atoms with E-state index in [9.17, 15) is 4.79 Å². The Morgan fingerprint density at radius 1 is 1.12 bits per heavy atom. The number of anilines is 1. The quantitative estimate of drug-likeness (QED) is 0.738. The molecule has 0 aliphatic rings. The fraction of sp³-hybridized carbons (Fsp3) is 0.263. The van der Waals surface area contributed by atoms with Crippen molar-refractivity contribution < 1.29 is 14.3 Å². The van der Waals surface area contributed by atoms with Gasteiger partial charge in [-0.05, 0) is 30.3 Å². The van der Waals surface area contributed by atoms with Crippen LogP contribution in [0.5, 0.6) is 11.5 Å². The second-order valence-corrected chi connectivity index (χ2v) is 6.03.